The van der Waals surface area contributed by atoms with E-state index in [1.165, 1.54) is 25.7 Å². The molecule has 2 rings (SSSR count). The highest BCUT2D eigenvalue weighted by Gasteiger charge is 2.18. The van der Waals surface area contributed by atoms with Gasteiger partial charge in [0.25, 0.3) is 0 Å². The Balaban J connectivity index is 2.13. The highest BCUT2D eigenvalue weighted by atomic mass is 35.5. The normalized spacial score (nSPS) is 17.2. The number of halogens is 1. The Morgan fingerprint density at radius 2 is 2.00 bits per heavy atom. The lowest BCUT2D eigenvalue weighted by Gasteiger charge is -2.10. The van der Waals surface area contributed by atoms with Crippen molar-refractivity contribution in [2.45, 2.75) is 55.7 Å². The SMILES string of the molecule is CC(C)c1nc(Cl)cc(SC2CCCC2)n1. The van der Waals surface area contributed by atoms with Gasteiger partial charge in [-0.05, 0) is 12.8 Å². The quantitative estimate of drug-likeness (QED) is 0.755. The van der Waals surface area contributed by atoms with Gasteiger partial charge in [-0.15, -0.1) is 11.8 Å². The van der Waals surface area contributed by atoms with Gasteiger partial charge in [-0.2, -0.15) is 0 Å². The van der Waals surface area contributed by atoms with Crippen molar-refractivity contribution < 1.29 is 0 Å². The fourth-order valence-electron chi connectivity index (χ4n) is 1.91. The van der Waals surface area contributed by atoms with Gasteiger partial charge in [-0.3, -0.25) is 0 Å². The van der Waals surface area contributed by atoms with Gasteiger partial charge in [0.15, 0.2) is 0 Å². The molecular weight excluding hydrogens is 240 g/mol. The van der Waals surface area contributed by atoms with Crippen LogP contribution in [-0.4, -0.2) is 15.2 Å². The average molecular weight is 257 g/mol. The number of rotatable bonds is 3. The Morgan fingerprint density at radius 1 is 1.31 bits per heavy atom. The zero-order valence-electron chi connectivity index (χ0n) is 9.74. The molecule has 1 fully saturated rings. The monoisotopic (exact) mass is 256 g/mol. The first-order valence-corrected chi connectivity index (χ1v) is 7.12. The summed E-state index contributed by atoms with van der Waals surface area (Å²) in [6, 6.07) is 1.89. The summed E-state index contributed by atoms with van der Waals surface area (Å²) in [6.07, 6.45) is 5.33. The second-order valence-corrected chi connectivity index (χ2v) is 6.27. The molecule has 0 saturated heterocycles. The van der Waals surface area contributed by atoms with Crippen molar-refractivity contribution in [2.75, 3.05) is 0 Å². The number of hydrogen-bond acceptors (Lipinski definition) is 3. The van der Waals surface area contributed by atoms with E-state index >= 15 is 0 Å². The van der Waals surface area contributed by atoms with E-state index in [1.807, 2.05) is 17.8 Å². The van der Waals surface area contributed by atoms with Crippen LogP contribution in [0.15, 0.2) is 11.1 Å². The largest absolute Gasteiger partial charge is 0.226 e. The second kappa shape index (κ2) is 5.37. The summed E-state index contributed by atoms with van der Waals surface area (Å²) < 4.78 is 0. The molecule has 1 aromatic rings. The number of nitrogens with zero attached hydrogens (tertiary/aromatic N) is 2. The molecule has 1 aliphatic carbocycles. The molecule has 1 aromatic heterocycles. The van der Waals surface area contributed by atoms with Crippen LogP contribution in [0.4, 0.5) is 0 Å². The molecular formula is C12H17ClN2S. The van der Waals surface area contributed by atoms with Crippen LogP contribution < -0.4 is 0 Å². The van der Waals surface area contributed by atoms with Gasteiger partial charge in [-0.25, -0.2) is 9.97 Å². The summed E-state index contributed by atoms with van der Waals surface area (Å²) in [5.74, 6) is 1.19. The van der Waals surface area contributed by atoms with Crippen molar-refractivity contribution in [3.8, 4) is 0 Å². The van der Waals surface area contributed by atoms with Crippen LogP contribution in [0.25, 0.3) is 0 Å². The van der Waals surface area contributed by atoms with Gasteiger partial charge < -0.3 is 0 Å². The molecule has 16 heavy (non-hydrogen) atoms. The van der Waals surface area contributed by atoms with E-state index in [1.54, 1.807) is 0 Å². The van der Waals surface area contributed by atoms with E-state index in [2.05, 4.69) is 23.8 Å². The number of thioether (sulfide) groups is 1. The van der Waals surface area contributed by atoms with Crippen LogP contribution >= 0.6 is 23.4 Å². The first kappa shape index (κ1) is 12.2. The second-order valence-electron chi connectivity index (χ2n) is 4.57. The molecule has 0 bridgehead atoms. The van der Waals surface area contributed by atoms with Crippen LogP contribution in [0.1, 0.15) is 51.3 Å². The van der Waals surface area contributed by atoms with Crippen molar-refractivity contribution in [3.63, 3.8) is 0 Å². The van der Waals surface area contributed by atoms with Crippen LogP contribution in [0, 0.1) is 0 Å². The van der Waals surface area contributed by atoms with E-state index in [0.717, 1.165) is 16.1 Å². The Morgan fingerprint density at radius 3 is 2.62 bits per heavy atom. The number of aromatic nitrogens is 2. The first-order chi connectivity index (χ1) is 7.65. The maximum atomic E-state index is 6.02. The predicted octanol–water partition coefficient (Wildman–Crippen LogP) is 4.29. The molecule has 1 aliphatic rings. The minimum absolute atomic E-state index is 0.335. The Bertz CT molecular complexity index is 362. The fraction of sp³-hybridized carbons (Fsp3) is 0.667. The van der Waals surface area contributed by atoms with Crippen LogP contribution in [-0.2, 0) is 0 Å². The molecule has 0 radical (unpaired) electrons. The Labute approximate surface area is 106 Å². The minimum Gasteiger partial charge on any atom is -0.226 e. The summed E-state index contributed by atoms with van der Waals surface area (Å²) in [7, 11) is 0. The standard InChI is InChI=1S/C12H17ClN2S/c1-8(2)12-14-10(13)7-11(15-12)16-9-5-3-4-6-9/h7-9H,3-6H2,1-2H3. The highest BCUT2D eigenvalue weighted by molar-refractivity contribution is 7.99. The molecule has 0 aromatic carbocycles. The molecule has 88 valence electrons. The Kier molecular flexibility index (Phi) is 4.09. The van der Waals surface area contributed by atoms with Gasteiger partial charge in [0, 0.05) is 17.2 Å². The third-order valence-electron chi connectivity index (χ3n) is 2.79. The molecule has 2 nitrogen and oxygen atoms in total. The molecule has 0 aliphatic heterocycles. The van der Waals surface area contributed by atoms with Gasteiger partial charge in [-0.1, -0.05) is 38.3 Å². The molecule has 1 saturated carbocycles. The summed E-state index contributed by atoms with van der Waals surface area (Å²) in [5.41, 5.74) is 0. The van der Waals surface area contributed by atoms with Crippen molar-refractivity contribution in [1.82, 2.24) is 9.97 Å². The van der Waals surface area contributed by atoms with E-state index < -0.39 is 0 Å². The van der Waals surface area contributed by atoms with Crippen molar-refractivity contribution >= 4 is 23.4 Å². The van der Waals surface area contributed by atoms with Gasteiger partial charge in [0.05, 0.1) is 0 Å². The van der Waals surface area contributed by atoms with Crippen LogP contribution in [0.5, 0.6) is 0 Å². The molecule has 1 heterocycles. The van der Waals surface area contributed by atoms with Crippen molar-refractivity contribution in [1.29, 1.82) is 0 Å². The fourth-order valence-corrected chi connectivity index (χ4v) is 3.40. The van der Waals surface area contributed by atoms with Crippen LogP contribution in [0.2, 0.25) is 5.15 Å². The third-order valence-corrected chi connectivity index (χ3v) is 4.24. The smallest absolute Gasteiger partial charge is 0.133 e. The molecule has 0 atom stereocenters. The lowest BCUT2D eigenvalue weighted by Crippen LogP contribution is -2.01. The molecule has 0 N–H and O–H groups in total. The first-order valence-electron chi connectivity index (χ1n) is 5.86. The maximum absolute atomic E-state index is 6.02. The lowest BCUT2D eigenvalue weighted by molar-refractivity contribution is 0.752. The number of hydrogen-bond donors (Lipinski definition) is 0. The van der Waals surface area contributed by atoms with Gasteiger partial charge in [0.1, 0.15) is 16.0 Å². The van der Waals surface area contributed by atoms with Crippen LogP contribution in [0.3, 0.4) is 0 Å². The predicted molar refractivity (Wildman–Crippen MR) is 69.2 cm³/mol. The highest BCUT2D eigenvalue weighted by Crippen LogP contribution is 2.34. The van der Waals surface area contributed by atoms with E-state index in [9.17, 15) is 0 Å². The molecule has 0 spiro atoms. The zero-order valence-corrected chi connectivity index (χ0v) is 11.3. The summed E-state index contributed by atoms with van der Waals surface area (Å²) >= 11 is 7.88. The van der Waals surface area contributed by atoms with E-state index in [-0.39, 0.29) is 0 Å². The third kappa shape index (κ3) is 3.11. The van der Waals surface area contributed by atoms with Gasteiger partial charge in [0.2, 0.25) is 0 Å². The molecule has 0 amide bonds. The molecule has 0 unspecified atom stereocenters. The summed E-state index contributed by atoms with van der Waals surface area (Å²) in [4.78, 5) is 8.81. The van der Waals surface area contributed by atoms with E-state index in [4.69, 9.17) is 11.6 Å². The Hall–Kier alpha value is -0.280. The topological polar surface area (TPSA) is 25.8 Å². The molecule has 4 heteroatoms. The average Bonchev–Trinajstić information content (AvgIpc) is 2.69. The van der Waals surface area contributed by atoms with Crippen molar-refractivity contribution in [3.05, 3.63) is 17.0 Å². The lowest BCUT2D eigenvalue weighted by atomic mass is 10.2. The summed E-state index contributed by atoms with van der Waals surface area (Å²) in [6.45, 7) is 4.19. The summed E-state index contributed by atoms with van der Waals surface area (Å²) in [5, 5.41) is 2.33. The van der Waals surface area contributed by atoms with E-state index in [0.29, 0.717) is 11.1 Å². The van der Waals surface area contributed by atoms with Crippen molar-refractivity contribution in [2.24, 2.45) is 0 Å². The van der Waals surface area contributed by atoms with Gasteiger partial charge >= 0.3 is 0 Å². The minimum atomic E-state index is 0.335. The maximum Gasteiger partial charge on any atom is 0.133 e. The zero-order chi connectivity index (χ0) is 11.5.